The molecule has 0 fully saturated rings. The molecule has 4 heteroatoms. The van der Waals surface area contributed by atoms with Gasteiger partial charge in [-0.15, -0.1) is 0 Å². The fourth-order valence-corrected chi connectivity index (χ4v) is 1.02. The van der Waals surface area contributed by atoms with Crippen molar-refractivity contribution in [1.29, 1.82) is 0 Å². The molecule has 2 rings (SSSR count). The molecule has 2 heterocycles. The molecule has 4 nitrogen and oxygen atoms in total. The Bertz CT molecular complexity index is 296. The van der Waals surface area contributed by atoms with E-state index in [4.69, 9.17) is 4.74 Å². The summed E-state index contributed by atoms with van der Waals surface area (Å²) in [6.07, 6.45) is 4.91. The number of aliphatic imine (C=N–C) groups is 1. The molecule has 62 valence electrons. The van der Waals surface area contributed by atoms with Crippen LogP contribution in [0, 0.1) is 0 Å². The van der Waals surface area contributed by atoms with E-state index in [0.29, 0.717) is 18.2 Å². The highest BCUT2D eigenvalue weighted by Crippen LogP contribution is 2.07. The summed E-state index contributed by atoms with van der Waals surface area (Å²) in [6, 6.07) is 0.238. The average molecular weight is 163 g/mol. The number of aromatic nitrogens is 2. The van der Waals surface area contributed by atoms with E-state index >= 15 is 0 Å². The van der Waals surface area contributed by atoms with Crippen molar-refractivity contribution in [3.8, 4) is 0 Å². The first-order valence-corrected chi connectivity index (χ1v) is 3.83. The molecule has 1 aliphatic rings. The molecule has 0 N–H and O–H groups in total. The van der Waals surface area contributed by atoms with E-state index in [9.17, 15) is 0 Å². The Kier molecular flexibility index (Phi) is 1.74. The van der Waals surface area contributed by atoms with Crippen LogP contribution in [0.3, 0.4) is 0 Å². The van der Waals surface area contributed by atoms with Crippen molar-refractivity contribution in [3.63, 3.8) is 0 Å². The Hall–Kier alpha value is -1.45. The van der Waals surface area contributed by atoms with Gasteiger partial charge in [0.05, 0.1) is 12.2 Å². The Morgan fingerprint density at radius 3 is 3.00 bits per heavy atom. The minimum absolute atomic E-state index is 0.238. The molecule has 1 aliphatic heterocycles. The van der Waals surface area contributed by atoms with Crippen molar-refractivity contribution in [1.82, 2.24) is 9.97 Å². The van der Waals surface area contributed by atoms with Crippen molar-refractivity contribution in [3.05, 3.63) is 24.3 Å². The monoisotopic (exact) mass is 163 g/mol. The second kappa shape index (κ2) is 2.89. The Morgan fingerprint density at radius 2 is 2.42 bits per heavy atom. The van der Waals surface area contributed by atoms with Gasteiger partial charge in [-0.05, 0) is 6.92 Å². The first-order chi connectivity index (χ1) is 5.86. The van der Waals surface area contributed by atoms with Crippen molar-refractivity contribution >= 4 is 5.90 Å². The van der Waals surface area contributed by atoms with Crippen LogP contribution in [0.5, 0.6) is 0 Å². The number of nitrogens with zero attached hydrogens (tertiary/aromatic N) is 3. The maximum absolute atomic E-state index is 5.30. The molecule has 0 amide bonds. The molecule has 0 radical (unpaired) electrons. The molecule has 1 atom stereocenters. The summed E-state index contributed by atoms with van der Waals surface area (Å²) in [7, 11) is 0. The highest BCUT2D eigenvalue weighted by Gasteiger charge is 2.16. The topological polar surface area (TPSA) is 47.4 Å². The summed E-state index contributed by atoms with van der Waals surface area (Å²) in [6.45, 7) is 2.65. The summed E-state index contributed by atoms with van der Waals surface area (Å²) < 4.78 is 5.30. The number of hydrogen-bond acceptors (Lipinski definition) is 4. The zero-order valence-corrected chi connectivity index (χ0v) is 6.77. The van der Waals surface area contributed by atoms with E-state index in [2.05, 4.69) is 15.0 Å². The quantitative estimate of drug-likeness (QED) is 0.610. The van der Waals surface area contributed by atoms with Crippen LogP contribution in [0.4, 0.5) is 0 Å². The summed E-state index contributed by atoms with van der Waals surface area (Å²) in [5.41, 5.74) is 0.710. The predicted octanol–water partition coefficient (Wildman–Crippen LogP) is 0.642. The maximum Gasteiger partial charge on any atom is 0.237 e. The molecule has 0 aliphatic carbocycles. The molecule has 0 saturated carbocycles. The van der Waals surface area contributed by atoms with Crippen LogP contribution in [-0.2, 0) is 4.74 Å². The minimum Gasteiger partial charge on any atom is -0.474 e. The second-order valence-electron chi connectivity index (χ2n) is 2.68. The molecular formula is C8H9N3O. The number of ether oxygens (including phenoxy) is 1. The first kappa shape index (κ1) is 7.21. The molecule has 0 spiro atoms. The largest absolute Gasteiger partial charge is 0.474 e. The SMILES string of the molecule is C[C@H]1COC(c2cnccn2)=N1. The zero-order valence-electron chi connectivity index (χ0n) is 6.77. The standard InChI is InChI=1S/C8H9N3O/c1-6-5-12-8(11-6)7-4-9-2-3-10-7/h2-4,6H,5H2,1H3/t6-/m0/s1. The van der Waals surface area contributed by atoms with Crippen molar-refractivity contribution in [2.45, 2.75) is 13.0 Å². The summed E-state index contributed by atoms with van der Waals surface area (Å²) >= 11 is 0. The maximum atomic E-state index is 5.30. The Labute approximate surface area is 70.3 Å². The van der Waals surface area contributed by atoms with Gasteiger partial charge in [0, 0.05) is 12.4 Å². The van der Waals surface area contributed by atoms with Gasteiger partial charge in [0.25, 0.3) is 0 Å². The molecule has 1 aromatic heterocycles. The van der Waals surface area contributed by atoms with Gasteiger partial charge in [-0.2, -0.15) is 0 Å². The van der Waals surface area contributed by atoms with Crippen LogP contribution >= 0.6 is 0 Å². The van der Waals surface area contributed by atoms with Gasteiger partial charge in [0.15, 0.2) is 0 Å². The third-order valence-corrected chi connectivity index (χ3v) is 1.58. The van der Waals surface area contributed by atoms with E-state index in [1.165, 1.54) is 0 Å². The van der Waals surface area contributed by atoms with Crippen LogP contribution < -0.4 is 0 Å². The smallest absolute Gasteiger partial charge is 0.237 e. The Morgan fingerprint density at radius 1 is 1.50 bits per heavy atom. The van der Waals surface area contributed by atoms with Gasteiger partial charge >= 0.3 is 0 Å². The molecule has 0 bridgehead atoms. The van der Waals surface area contributed by atoms with E-state index in [1.807, 2.05) is 6.92 Å². The average Bonchev–Trinajstić information content (AvgIpc) is 2.54. The molecule has 0 saturated heterocycles. The lowest BCUT2D eigenvalue weighted by atomic mass is 10.4. The van der Waals surface area contributed by atoms with Gasteiger partial charge in [0.2, 0.25) is 5.90 Å². The van der Waals surface area contributed by atoms with Crippen LogP contribution in [0.15, 0.2) is 23.6 Å². The van der Waals surface area contributed by atoms with Crippen LogP contribution in [0.1, 0.15) is 12.6 Å². The summed E-state index contributed by atoms with van der Waals surface area (Å²) in [5.74, 6) is 0.607. The van der Waals surface area contributed by atoms with Gasteiger partial charge in [0.1, 0.15) is 12.3 Å². The number of rotatable bonds is 1. The third-order valence-electron chi connectivity index (χ3n) is 1.58. The molecule has 1 aromatic rings. The van der Waals surface area contributed by atoms with Crippen LogP contribution in [0.2, 0.25) is 0 Å². The third kappa shape index (κ3) is 1.28. The molecular weight excluding hydrogens is 154 g/mol. The fourth-order valence-electron chi connectivity index (χ4n) is 1.02. The van der Waals surface area contributed by atoms with Crippen molar-refractivity contribution in [2.24, 2.45) is 4.99 Å². The first-order valence-electron chi connectivity index (χ1n) is 3.83. The summed E-state index contributed by atoms with van der Waals surface area (Å²) in [4.78, 5) is 12.3. The van der Waals surface area contributed by atoms with E-state index in [0.717, 1.165) is 0 Å². The lowest BCUT2D eigenvalue weighted by Crippen LogP contribution is -2.04. The van der Waals surface area contributed by atoms with Gasteiger partial charge in [-0.3, -0.25) is 4.98 Å². The van der Waals surface area contributed by atoms with E-state index in [-0.39, 0.29) is 6.04 Å². The zero-order chi connectivity index (χ0) is 8.39. The normalized spacial score (nSPS) is 21.8. The van der Waals surface area contributed by atoms with Crippen molar-refractivity contribution in [2.75, 3.05) is 6.61 Å². The highest BCUT2D eigenvalue weighted by atomic mass is 16.5. The van der Waals surface area contributed by atoms with Gasteiger partial charge in [-0.1, -0.05) is 0 Å². The Balaban J connectivity index is 2.27. The predicted molar refractivity (Wildman–Crippen MR) is 44.0 cm³/mol. The lowest BCUT2D eigenvalue weighted by Gasteiger charge is -1.97. The number of hydrogen-bond donors (Lipinski definition) is 0. The lowest BCUT2D eigenvalue weighted by molar-refractivity contribution is 0.323. The van der Waals surface area contributed by atoms with E-state index < -0.39 is 0 Å². The fraction of sp³-hybridized carbons (Fsp3) is 0.375. The molecule has 0 unspecified atom stereocenters. The van der Waals surface area contributed by atoms with E-state index in [1.54, 1.807) is 18.6 Å². The summed E-state index contributed by atoms with van der Waals surface area (Å²) in [5, 5.41) is 0. The second-order valence-corrected chi connectivity index (χ2v) is 2.68. The molecule has 12 heavy (non-hydrogen) atoms. The van der Waals surface area contributed by atoms with Crippen LogP contribution in [-0.4, -0.2) is 28.5 Å². The van der Waals surface area contributed by atoms with Gasteiger partial charge in [-0.25, -0.2) is 9.98 Å². The van der Waals surface area contributed by atoms with Crippen molar-refractivity contribution < 1.29 is 4.74 Å². The van der Waals surface area contributed by atoms with Crippen LogP contribution in [0.25, 0.3) is 0 Å². The van der Waals surface area contributed by atoms with Gasteiger partial charge < -0.3 is 4.74 Å². The minimum atomic E-state index is 0.238. The highest BCUT2D eigenvalue weighted by molar-refractivity contribution is 5.92. The molecule has 0 aromatic carbocycles.